The van der Waals surface area contributed by atoms with Crippen molar-refractivity contribution in [1.82, 2.24) is 4.90 Å². The normalized spacial score (nSPS) is 29.2. The van der Waals surface area contributed by atoms with E-state index in [0.29, 0.717) is 13.1 Å². The third-order valence-electron chi connectivity index (χ3n) is 2.97. The molecule has 6 heteroatoms. The Morgan fingerprint density at radius 2 is 2.00 bits per heavy atom. The highest BCUT2D eigenvalue weighted by Gasteiger charge is 2.35. The number of carbonyl (C=O) groups excluding carboxylic acids is 1. The molecule has 1 saturated heterocycles. The molecule has 2 N–H and O–H groups in total. The van der Waals surface area contributed by atoms with Gasteiger partial charge in [0.25, 0.3) is 0 Å². The van der Waals surface area contributed by atoms with E-state index in [1.807, 2.05) is 6.92 Å². The molecule has 0 aliphatic carbocycles. The Balaban J connectivity index is 2.72. The molecule has 1 aliphatic rings. The Kier molecular flexibility index (Phi) is 3.40. The molecule has 1 amide bonds. The maximum atomic E-state index is 11.8. The summed E-state index contributed by atoms with van der Waals surface area (Å²) >= 11 is 0. The minimum absolute atomic E-state index is 0.0410. The number of nitrogens with two attached hydrogens (primary N) is 1. The van der Waals surface area contributed by atoms with E-state index in [-0.39, 0.29) is 17.9 Å². The second kappa shape index (κ2) is 4.09. The number of nitrogens with zero attached hydrogens (tertiary/aromatic N) is 1. The molecule has 0 aromatic heterocycles. The van der Waals surface area contributed by atoms with Gasteiger partial charge in [0.05, 0.1) is 0 Å². The molecule has 0 saturated carbocycles. The SMILES string of the molecule is CC1CN(C(=O)C(C)S(C)(=O)=O)CC1N. The van der Waals surface area contributed by atoms with Crippen LogP contribution in [0.15, 0.2) is 0 Å². The Morgan fingerprint density at radius 1 is 1.47 bits per heavy atom. The van der Waals surface area contributed by atoms with Crippen LogP contribution in [0.5, 0.6) is 0 Å². The lowest BCUT2D eigenvalue weighted by Gasteiger charge is -2.19. The summed E-state index contributed by atoms with van der Waals surface area (Å²) in [5.74, 6) is -0.0991. The van der Waals surface area contributed by atoms with Gasteiger partial charge in [-0.15, -0.1) is 0 Å². The molecular weight excluding hydrogens is 216 g/mol. The van der Waals surface area contributed by atoms with Crippen LogP contribution < -0.4 is 5.73 Å². The van der Waals surface area contributed by atoms with Gasteiger partial charge in [-0.1, -0.05) is 6.92 Å². The quantitative estimate of drug-likeness (QED) is 0.680. The monoisotopic (exact) mass is 234 g/mol. The smallest absolute Gasteiger partial charge is 0.240 e. The summed E-state index contributed by atoms with van der Waals surface area (Å²) in [5, 5.41) is -0.963. The van der Waals surface area contributed by atoms with Gasteiger partial charge in [-0.2, -0.15) is 0 Å². The molecule has 1 aliphatic heterocycles. The fourth-order valence-corrected chi connectivity index (χ4v) is 2.13. The molecule has 0 spiro atoms. The van der Waals surface area contributed by atoms with Gasteiger partial charge in [-0.25, -0.2) is 8.42 Å². The predicted molar refractivity (Wildman–Crippen MR) is 58.0 cm³/mol. The fraction of sp³-hybridized carbons (Fsp3) is 0.889. The van der Waals surface area contributed by atoms with Gasteiger partial charge >= 0.3 is 0 Å². The highest BCUT2D eigenvalue weighted by atomic mass is 32.2. The molecule has 1 heterocycles. The van der Waals surface area contributed by atoms with Crippen molar-refractivity contribution in [3.63, 3.8) is 0 Å². The van der Waals surface area contributed by atoms with Crippen molar-refractivity contribution in [1.29, 1.82) is 0 Å². The van der Waals surface area contributed by atoms with Gasteiger partial charge in [-0.05, 0) is 12.8 Å². The Labute approximate surface area is 90.5 Å². The van der Waals surface area contributed by atoms with Crippen molar-refractivity contribution >= 4 is 15.7 Å². The number of hydrogen-bond acceptors (Lipinski definition) is 4. The number of amides is 1. The molecule has 0 bridgehead atoms. The van der Waals surface area contributed by atoms with Crippen molar-refractivity contribution in [3.8, 4) is 0 Å². The molecule has 88 valence electrons. The highest BCUT2D eigenvalue weighted by molar-refractivity contribution is 7.92. The minimum atomic E-state index is -3.31. The van der Waals surface area contributed by atoms with Crippen LogP contribution in [0, 0.1) is 5.92 Å². The summed E-state index contributed by atoms with van der Waals surface area (Å²) in [4.78, 5) is 13.3. The third-order valence-corrected chi connectivity index (χ3v) is 4.46. The average Bonchev–Trinajstić information content (AvgIpc) is 2.43. The van der Waals surface area contributed by atoms with Crippen molar-refractivity contribution < 1.29 is 13.2 Å². The number of sulfone groups is 1. The van der Waals surface area contributed by atoms with E-state index < -0.39 is 15.1 Å². The fourth-order valence-electron chi connectivity index (χ4n) is 1.61. The second-order valence-electron chi connectivity index (χ2n) is 4.36. The molecule has 3 unspecified atom stereocenters. The summed E-state index contributed by atoms with van der Waals surface area (Å²) < 4.78 is 22.4. The van der Waals surface area contributed by atoms with Crippen molar-refractivity contribution in [2.75, 3.05) is 19.3 Å². The van der Waals surface area contributed by atoms with Gasteiger partial charge in [0.1, 0.15) is 5.25 Å². The molecule has 0 radical (unpaired) electrons. The van der Waals surface area contributed by atoms with Gasteiger partial charge in [0.2, 0.25) is 5.91 Å². The van der Waals surface area contributed by atoms with E-state index in [0.717, 1.165) is 6.26 Å². The number of rotatable bonds is 2. The van der Waals surface area contributed by atoms with E-state index in [1.165, 1.54) is 6.92 Å². The van der Waals surface area contributed by atoms with Crippen molar-refractivity contribution in [2.24, 2.45) is 11.7 Å². The Hall–Kier alpha value is -0.620. The van der Waals surface area contributed by atoms with E-state index in [4.69, 9.17) is 5.73 Å². The van der Waals surface area contributed by atoms with Crippen LogP contribution in [0.3, 0.4) is 0 Å². The zero-order valence-electron chi connectivity index (χ0n) is 9.30. The first-order chi connectivity index (χ1) is 6.73. The summed E-state index contributed by atoms with van der Waals surface area (Å²) in [7, 11) is -3.31. The van der Waals surface area contributed by atoms with Gasteiger partial charge in [0.15, 0.2) is 9.84 Å². The zero-order valence-corrected chi connectivity index (χ0v) is 10.1. The van der Waals surface area contributed by atoms with Crippen molar-refractivity contribution in [2.45, 2.75) is 25.1 Å². The first-order valence-electron chi connectivity index (χ1n) is 4.96. The first kappa shape index (κ1) is 12.4. The van der Waals surface area contributed by atoms with Crippen LogP contribution in [-0.4, -0.2) is 49.9 Å². The Bertz CT molecular complexity index is 342. The third kappa shape index (κ3) is 2.69. The summed E-state index contributed by atoms with van der Waals surface area (Å²) in [6, 6.07) is -0.0410. The zero-order chi connectivity index (χ0) is 11.8. The van der Waals surface area contributed by atoms with Gasteiger partial charge in [-0.3, -0.25) is 4.79 Å². The predicted octanol–water partition coefficient (Wildman–Crippen LogP) is -0.775. The molecule has 0 aromatic carbocycles. The van der Waals surface area contributed by atoms with E-state index in [1.54, 1.807) is 4.90 Å². The number of carbonyl (C=O) groups is 1. The van der Waals surface area contributed by atoms with E-state index in [2.05, 4.69) is 0 Å². The highest BCUT2D eigenvalue weighted by Crippen LogP contribution is 2.16. The molecular formula is C9H18N2O3S. The van der Waals surface area contributed by atoms with Crippen LogP contribution >= 0.6 is 0 Å². The van der Waals surface area contributed by atoms with E-state index in [9.17, 15) is 13.2 Å². The summed E-state index contributed by atoms with van der Waals surface area (Å²) in [5.41, 5.74) is 5.77. The topological polar surface area (TPSA) is 80.5 Å². The molecule has 3 atom stereocenters. The molecule has 0 aromatic rings. The van der Waals surface area contributed by atoms with Crippen LogP contribution in [0.4, 0.5) is 0 Å². The lowest BCUT2D eigenvalue weighted by Crippen LogP contribution is -2.41. The maximum absolute atomic E-state index is 11.8. The first-order valence-corrected chi connectivity index (χ1v) is 6.92. The minimum Gasteiger partial charge on any atom is -0.340 e. The van der Waals surface area contributed by atoms with E-state index >= 15 is 0 Å². The number of hydrogen-bond donors (Lipinski definition) is 1. The largest absolute Gasteiger partial charge is 0.340 e. The standard InChI is InChI=1S/C9H18N2O3S/c1-6-4-11(5-8(6)10)9(12)7(2)15(3,13)14/h6-8H,4-5,10H2,1-3H3. The lowest BCUT2D eigenvalue weighted by atomic mass is 10.1. The molecule has 1 rings (SSSR count). The van der Waals surface area contributed by atoms with Gasteiger partial charge in [0, 0.05) is 25.4 Å². The Morgan fingerprint density at radius 3 is 2.33 bits per heavy atom. The lowest BCUT2D eigenvalue weighted by molar-refractivity contribution is -0.129. The van der Waals surface area contributed by atoms with Crippen molar-refractivity contribution in [3.05, 3.63) is 0 Å². The molecule has 1 fully saturated rings. The molecule has 5 nitrogen and oxygen atoms in total. The molecule has 15 heavy (non-hydrogen) atoms. The van der Waals surface area contributed by atoms with Crippen LogP contribution in [0.25, 0.3) is 0 Å². The maximum Gasteiger partial charge on any atom is 0.240 e. The summed E-state index contributed by atoms with van der Waals surface area (Å²) in [6.45, 7) is 4.40. The van der Waals surface area contributed by atoms with Crippen LogP contribution in [-0.2, 0) is 14.6 Å². The summed E-state index contributed by atoms with van der Waals surface area (Å²) in [6.07, 6.45) is 1.08. The van der Waals surface area contributed by atoms with Crippen LogP contribution in [0.1, 0.15) is 13.8 Å². The van der Waals surface area contributed by atoms with Crippen LogP contribution in [0.2, 0.25) is 0 Å². The second-order valence-corrected chi connectivity index (χ2v) is 6.72. The average molecular weight is 234 g/mol. The van der Waals surface area contributed by atoms with Gasteiger partial charge < -0.3 is 10.6 Å². The number of likely N-dealkylation sites (tertiary alicyclic amines) is 1.